The van der Waals surface area contributed by atoms with Crippen LogP contribution in [0.15, 0.2) is 36.4 Å². The normalized spacial score (nSPS) is 25.1. The lowest BCUT2D eigenvalue weighted by Gasteiger charge is -2.26. The molecule has 0 aliphatic heterocycles. The van der Waals surface area contributed by atoms with Gasteiger partial charge in [0.05, 0.1) is 18.3 Å². The minimum absolute atomic E-state index is 0.0248. The topological polar surface area (TPSA) is 68.2 Å². The predicted octanol–water partition coefficient (Wildman–Crippen LogP) is 4.96. The first-order valence-electron chi connectivity index (χ1n) is 10.6. The molecule has 2 rings (SSSR count). The standard InChI is InChI=1S/C22H35ClO5P2/c23-16-7-6-8-17(13-16)26-15-18(27-29)10-11-20-19(21(25)14-22(20)28-30)9-4-2-1-3-5-12-24/h2,4,6-8,13,18-22,24-25H,1,3,5,9-12,14-15,29-30H2/b4-2-/t18?,19-,20-,21?,22?/m1/s1. The van der Waals surface area contributed by atoms with Crippen LogP contribution in [0.4, 0.5) is 0 Å². The predicted molar refractivity (Wildman–Crippen MR) is 128 cm³/mol. The van der Waals surface area contributed by atoms with Crippen molar-refractivity contribution < 1.29 is 24.0 Å². The van der Waals surface area contributed by atoms with E-state index in [-0.39, 0.29) is 36.8 Å². The van der Waals surface area contributed by atoms with Crippen molar-refractivity contribution in [2.75, 3.05) is 13.2 Å². The fourth-order valence-electron chi connectivity index (χ4n) is 4.10. The van der Waals surface area contributed by atoms with Crippen LogP contribution >= 0.6 is 30.5 Å². The van der Waals surface area contributed by atoms with Crippen molar-refractivity contribution in [2.45, 2.75) is 63.3 Å². The van der Waals surface area contributed by atoms with Gasteiger partial charge >= 0.3 is 0 Å². The van der Waals surface area contributed by atoms with E-state index in [0.29, 0.717) is 18.1 Å². The van der Waals surface area contributed by atoms with Gasteiger partial charge in [-0.25, -0.2) is 0 Å². The SMILES string of the molecule is OCCCC/C=C\C[C@H]1C(O)CC(OP)[C@@H]1CCC(COc1cccc(Cl)c1)OP. The van der Waals surface area contributed by atoms with Gasteiger partial charge in [0.15, 0.2) is 0 Å². The van der Waals surface area contributed by atoms with Crippen LogP contribution < -0.4 is 4.74 Å². The molecule has 0 heterocycles. The molecule has 30 heavy (non-hydrogen) atoms. The van der Waals surface area contributed by atoms with Gasteiger partial charge in [-0.1, -0.05) is 29.8 Å². The van der Waals surface area contributed by atoms with Crippen LogP contribution in [0.5, 0.6) is 5.75 Å². The lowest BCUT2D eigenvalue weighted by molar-refractivity contribution is 0.0972. The zero-order valence-electron chi connectivity index (χ0n) is 17.4. The van der Waals surface area contributed by atoms with Gasteiger partial charge in [-0.3, -0.25) is 0 Å². The van der Waals surface area contributed by atoms with Gasteiger partial charge in [0.2, 0.25) is 0 Å². The number of unbranched alkanes of at least 4 members (excludes halogenated alkanes) is 2. The molecule has 1 aromatic carbocycles. The Morgan fingerprint density at radius 3 is 2.73 bits per heavy atom. The minimum atomic E-state index is -0.360. The van der Waals surface area contributed by atoms with Crippen LogP contribution in [0.1, 0.15) is 44.9 Å². The second-order valence-corrected chi connectivity index (χ2v) is 8.82. The zero-order valence-corrected chi connectivity index (χ0v) is 20.4. The molecule has 1 aliphatic carbocycles. The summed E-state index contributed by atoms with van der Waals surface area (Å²) in [6.07, 6.45) is 9.86. The van der Waals surface area contributed by atoms with Crippen molar-refractivity contribution in [3.05, 3.63) is 41.4 Å². The summed E-state index contributed by atoms with van der Waals surface area (Å²) in [4.78, 5) is 0. The number of halogens is 1. The second kappa shape index (κ2) is 14.7. The van der Waals surface area contributed by atoms with E-state index in [4.69, 9.17) is 30.5 Å². The highest BCUT2D eigenvalue weighted by Gasteiger charge is 2.41. The van der Waals surface area contributed by atoms with E-state index >= 15 is 0 Å². The van der Waals surface area contributed by atoms with Gasteiger partial charge in [-0.05, 0) is 68.6 Å². The summed E-state index contributed by atoms with van der Waals surface area (Å²) >= 11 is 6.01. The zero-order chi connectivity index (χ0) is 21.8. The third-order valence-corrected chi connectivity index (χ3v) is 6.74. The van der Waals surface area contributed by atoms with E-state index in [2.05, 4.69) is 31.1 Å². The maximum absolute atomic E-state index is 10.6. The highest BCUT2D eigenvalue weighted by atomic mass is 35.5. The average molecular weight is 477 g/mol. The lowest BCUT2D eigenvalue weighted by atomic mass is 9.86. The van der Waals surface area contributed by atoms with Gasteiger partial charge in [0, 0.05) is 37.0 Å². The van der Waals surface area contributed by atoms with E-state index in [0.717, 1.165) is 44.3 Å². The third kappa shape index (κ3) is 8.71. The molecule has 7 atom stereocenters. The van der Waals surface area contributed by atoms with Crippen LogP contribution in [-0.2, 0) is 9.05 Å². The van der Waals surface area contributed by atoms with Gasteiger partial charge in [0.25, 0.3) is 0 Å². The summed E-state index contributed by atoms with van der Waals surface area (Å²) in [6.45, 7) is 0.672. The third-order valence-electron chi connectivity index (χ3n) is 5.77. The summed E-state index contributed by atoms with van der Waals surface area (Å²) in [7, 11) is 4.69. The largest absolute Gasteiger partial charge is 0.491 e. The molecule has 0 bridgehead atoms. The molecule has 1 aliphatic rings. The highest BCUT2D eigenvalue weighted by molar-refractivity contribution is 7.10. The Bertz CT molecular complexity index is 633. The summed E-state index contributed by atoms with van der Waals surface area (Å²) < 4.78 is 17.0. The van der Waals surface area contributed by atoms with Gasteiger partial charge < -0.3 is 24.0 Å². The number of hydrogen-bond acceptors (Lipinski definition) is 5. The van der Waals surface area contributed by atoms with Gasteiger partial charge in [-0.2, -0.15) is 0 Å². The van der Waals surface area contributed by atoms with E-state index in [1.165, 1.54) is 0 Å². The molecule has 1 aromatic rings. The summed E-state index contributed by atoms with van der Waals surface area (Å²) in [6, 6.07) is 7.33. The molecule has 1 fully saturated rings. The number of ether oxygens (including phenoxy) is 1. The number of allylic oxidation sites excluding steroid dienone is 2. The van der Waals surface area contributed by atoms with Crippen molar-refractivity contribution in [2.24, 2.45) is 11.8 Å². The van der Waals surface area contributed by atoms with E-state index in [1.807, 2.05) is 18.2 Å². The van der Waals surface area contributed by atoms with E-state index in [1.54, 1.807) is 6.07 Å². The number of aliphatic hydroxyl groups excluding tert-OH is 2. The molecule has 0 radical (unpaired) electrons. The smallest absolute Gasteiger partial charge is 0.120 e. The van der Waals surface area contributed by atoms with E-state index < -0.39 is 0 Å². The van der Waals surface area contributed by atoms with Crippen molar-refractivity contribution in [1.29, 1.82) is 0 Å². The molecule has 0 spiro atoms. The Hall–Kier alpha value is -0.250. The highest BCUT2D eigenvalue weighted by Crippen LogP contribution is 2.41. The van der Waals surface area contributed by atoms with Crippen molar-refractivity contribution in [3.63, 3.8) is 0 Å². The lowest BCUT2D eigenvalue weighted by Crippen LogP contribution is -2.26. The minimum Gasteiger partial charge on any atom is -0.491 e. The van der Waals surface area contributed by atoms with Crippen LogP contribution in [0.3, 0.4) is 0 Å². The van der Waals surface area contributed by atoms with Crippen LogP contribution in [0, 0.1) is 11.8 Å². The van der Waals surface area contributed by atoms with Gasteiger partial charge in [-0.15, -0.1) is 0 Å². The fraction of sp³-hybridized carbons (Fsp3) is 0.636. The molecule has 0 aromatic heterocycles. The summed E-state index contributed by atoms with van der Waals surface area (Å²) in [5.41, 5.74) is 0. The van der Waals surface area contributed by atoms with Crippen LogP contribution in [0.25, 0.3) is 0 Å². The number of aliphatic hydroxyl groups is 2. The first kappa shape index (κ1) is 26.0. The molecule has 1 saturated carbocycles. The quantitative estimate of drug-likeness (QED) is 0.226. The van der Waals surface area contributed by atoms with Gasteiger partial charge in [0.1, 0.15) is 12.4 Å². The Kier molecular flexibility index (Phi) is 12.8. The molecule has 170 valence electrons. The molecule has 0 amide bonds. The maximum atomic E-state index is 10.6. The first-order valence-corrected chi connectivity index (χ1v) is 11.9. The Labute approximate surface area is 190 Å². The van der Waals surface area contributed by atoms with Crippen LogP contribution in [0.2, 0.25) is 5.02 Å². The Morgan fingerprint density at radius 1 is 1.20 bits per heavy atom. The molecule has 5 unspecified atom stereocenters. The summed E-state index contributed by atoms with van der Waals surface area (Å²) in [5.74, 6) is 1.15. The van der Waals surface area contributed by atoms with Crippen molar-refractivity contribution in [3.8, 4) is 5.75 Å². The molecule has 2 N–H and O–H groups in total. The first-order chi connectivity index (χ1) is 14.6. The monoisotopic (exact) mass is 476 g/mol. The molecule has 0 saturated heterocycles. The number of hydrogen-bond donors (Lipinski definition) is 2. The fourth-order valence-corrected chi connectivity index (χ4v) is 4.80. The molecular weight excluding hydrogens is 442 g/mol. The molecule has 8 heteroatoms. The van der Waals surface area contributed by atoms with Crippen LogP contribution in [-0.4, -0.2) is 41.7 Å². The number of rotatable bonds is 14. The second-order valence-electron chi connectivity index (χ2n) is 7.84. The van der Waals surface area contributed by atoms with E-state index in [9.17, 15) is 5.11 Å². The maximum Gasteiger partial charge on any atom is 0.120 e. The Balaban J connectivity index is 1.86. The molecule has 5 nitrogen and oxygen atoms in total. The van der Waals surface area contributed by atoms with Crippen molar-refractivity contribution >= 4 is 30.5 Å². The molecular formula is C22H35ClO5P2. The summed E-state index contributed by atoms with van der Waals surface area (Å²) in [5, 5.41) is 20.1. The Morgan fingerprint density at radius 2 is 2.03 bits per heavy atom. The average Bonchev–Trinajstić information content (AvgIpc) is 3.05. The van der Waals surface area contributed by atoms with Crippen molar-refractivity contribution in [1.82, 2.24) is 0 Å². The number of benzene rings is 1.